The largest absolute Gasteiger partial charge is 0.382 e. The van der Waals surface area contributed by atoms with Crippen LogP contribution >= 0.6 is 34.9 Å². The number of halogens is 1. The summed E-state index contributed by atoms with van der Waals surface area (Å²) in [6, 6.07) is 8.04. The molecule has 2 N–H and O–H groups in total. The first-order valence-electron chi connectivity index (χ1n) is 6.73. The molecule has 0 atom stereocenters. The molecule has 0 saturated carbocycles. The van der Waals surface area contributed by atoms with Gasteiger partial charge >= 0.3 is 0 Å². The number of hydrogen-bond acceptors (Lipinski definition) is 6. The van der Waals surface area contributed by atoms with Crippen molar-refractivity contribution in [3.63, 3.8) is 0 Å². The van der Waals surface area contributed by atoms with E-state index in [1.165, 1.54) is 22.2 Å². The maximum absolute atomic E-state index is 6.07. The number of hydrogen-bond donors (Lipinski definition) is 1. The van der Waals surface area contributed by atoms with Crippen molar-refractivity contribution < 1.29 is 0 Å². The van der Waals surface area contributed by atoms with E-state index in [0.29, 0.717) is 5.82 Å². The summed E-state index contributed by atoms with van der Waals surface area (Å²) in [5.74, 6) is 0.653. The molecule has 1 saturated heterocycles. The molecule has 0 spiro atoms. The number of anilines is 3. The molecule has 4 nitrogen and oxygen atoms in total. The number of nitrogens with zero attached hydrogens (tertiary/aromatic N) is 3. The summed E-state index contributed by atoms with van der Waals surface area (Å²) in [7, 11) is 0. The molecule has 1 fully saturated rings. The molecule has 2 aromatic rings. The predicted molar refractivity (Wildman–Crippen MR) is 94.2 cm³/mol. The molecule has 7 heteroatoms. The number of thioether (sulfide) groups is 1. The molecule has 112 valence electrons. The van der Waals surface area contributed by atoms with Crippen LogP contribution in [-0.2, 0) is 0 Å². The number of rotatable bonds is 3. The van der Waals surface area contributed by atoms with Gasteiger partial charge in [-0.2, -0.15) is 4.37 Å². The fourth-order valence-electron chi connectivity index (χ4n) is 2.52. The van der Waals surface area contributed by atoms with Gasteiger partial charge in [-0.1, -0.05) is 17.7 Å². The third-order valence-corrected chi connectivity index (χ3v) is 5.70. The number of nitrogen functional groups attached to an aromatic ring is 1. The Kier molecular flexibility index (Phi) is 4.47. The minimum atomic E-state index is 0.653. The first kappa shape index (κ1) is 14.8. The van der Waals surface area contributed by atoms with Crippen LogP contribution in [0, 0.1) is 0 Å². The summed E-state index contributed by atoms with van der Waals surface area (Å²) in [5.41, 5.74) is 7.11. The number of aromatic nitrogens is 1. The van der Waals surface area contributed by atoms with Crippen molar-refractivity contribution in [2.24, 2.45) is 0 Å². The summed E-state index contributed by atoms with van der Waals surface area (Å²) >= 11 is 9.24. The average molecular weight is 341 g/mol. The molecule has 2 heterocycles. The highest BCUT2D eigenvalue weighted by atomic mass is 35.5. The van der Waals surface area contributed by atoms with Crippen LogP contribution in [0.25, 0.3) is 0 Å². The Balaban J connectivity index is 1.70. The van der Waals surface area contributed by atoms with E-state index in [0.717, 1.165) is 36.1 Å². The van der Waals surface area contributed by atoms with Crippen LogP contribution in [0.1, 0.15) is 0 Å². The van der Waals surface area contributed by atoms with Gasteiger partial charge < -0.3 is 15.5 Å². The van der Waals surface area contributed by atoms with Crippen molar-refractivity contribution in [1.82, 2.24) is 4.37 Å². The van der Waals surface area contributed by atoms with Gasteiger partial charge in [0.1, 0.15) is 5.00 Å². The Morgan fingerprint density at radius 1 is 1.24 bits per heavy atom. The van der Waals surface area contributed by atoms with Crippen molar-refractivity contribution in [3.8, 4) is 0 Å². The van der Waals surface area contributed by atoms with Crippen LogP contribution in [0.5, 0.6) is 0 Å². The van der Waals surface area contributed by atoms with Gasteiger partial charge in [0, 0.05) is 36.9 Å². The van der Waals surface area contributed by atoms with E-state index in [1.807, 2.05) is 24.5 Å². The molecule has 3 rings (SSSR count). The Labute approximate surface area is 138 Å². The molecule has 1 aromatic heterocycles. The monoisotopic (exact) mass is 340 g/mol. The van der Waals surface area contributed by atoms with Crippen molar-refractivity contribution in [2.45, 2.75) is 4.90 Å². The van der Waals surface area contributed by atoms with Crippen molar-refractivity contribution in [2.75, 3.05) is 48.0 Å². The van der Waals surface area contributed by atoms with Gasteiger partial charge in [0.25, 0.3) is 0 Å². The lowest BCUT2D eigenvalue weighted by Crippen LogP contribution is -2.46. The molecule has 0 unspecified atom stereocenters. The van der Waals surface area contributed by atoms with E-state index in [2.05, 4.69) is 20.2 Å². The highest BCUT2D eigenvalue weighted by molar-refractivity contribution is 7.99. The maximum atomic E-state index is 6.07. The van der Waals surface area contributed by atoms with Crippen molar-refractivity contribution >= 4 is 51.4 Å². The Morgan fingerprint density at radius 3 is 2.62 bits per heavy atom. The fraction of sp³-hybridized carbons (Fsp3) is 0.357. The van der Waals surface area contributed by atoms with E-state index in [-0.39, 0.29) is 0 Å². The van der Waals surface area contributed by atoms with Gasteiger partial charge in [0.2, 0.25) is 0 Å². The standard InChI is InChI=1S/C14H17ClN4S2/c1-20-12-13(16)17-21-14(12)19-7-5-18(6-8-19)11-4-2-3-10(15)9-11/h2-4,9H,5-8H2,1H3,(H2,16,17). The number of benzene rings is 1. The van der Waals surface area contributed by atoms with Gasteiger partial charge in [-0.05, 0) is 36.0 Å². The van der Waals surface area contributed by atoms with Gasteiger partial charge in [-0.15, -0.1) is 11.8 Å². The molecule has 0 radical (unpaired) electrons. The third-order valence-electron chi connectivity index (χ3n) is 3.60. The summed E-state index contributed by atoms with van der Waals surface area (Å²) in [4.78, 5) is 5.85. The molecule has 0 amide bonds. The minimum Gasteiger partial charge on any atom is -0.382 e. The molecule has 1 aromatic carbocycles. The summed E-state index contributed by atoms with van der Waals surface area (Å²) in [6.07, 6.45) is 2.05. The fourth-order valence-corrected chi connectivity index (χ4v) is 4.44. The maximum Gasteiger partial charge on any atom is 0.153 e. The summed E-state index contributed by atoms with van der Waals surface area (Å²) in [5, 5.41) is 1.99. The lowest BCUT2D eigenvalue weighted by Gasteiger charge is -2.36. The van der Waals surface area contributed by atoms with Gasteiger partial charge in [-0.3, -0.25) is 0 Å². The topological polar surface area (TPSA) is 45.4 Å². The van der Waals surface area contributed by atoms with Crippen LogP contribution < -0.4 is 15.5 Å². The van der Waals surface area contributed by atoms with Gasteiger partial charge in [0.15, 0.2) is 5.82 Å². The lowest BCUT2D eigenvalue weighted by atomic mass is 10.2. The highest BCUT2D eigenvalue weighted by Gasteiger charge is 2.22. The number of nitrogens with two attached hydrogens (primary N) is 1. The molecule has 1 aliphatic rings. The third kappa shape index (κ3) is 3.07. The molecule has 1 aliphatic heterocycles. The second-order valence-electron chi connectivity index (χ2n) is 4.86. The number of piperazine rings is 1. The van der Waals surface area contributed by atoms with E-state index in [1.54, 1.807) is 11.8 Å². The summed E-state index contributed by atoms with van der Waals surface area (Å²) in [6.45, 7) is 3.90. The van der Waals surface area contributed by atoms with Crippen LogP contribution in [0.15, 0.2) is 29.2 Å². The molecular formula is C14H17ClN4S2. The predicted octanol–water partition coefficient (Wildman–Crippen LogP) is 3.43. The zero-order chi connectivity index (χ0) is 14.8. The van der Waals surface area contributed by atoms with Gasteiger partial charge in [0.05, 0.1) is 4.90 Å². The van der Waals surface area contributed by atoms with Crippen molar-refractivity contribution in [3.05, 3.63) is 29.3 Å². The SMILES string of the molecule is CSc1c(N)nsc1N1CCN(c2cccc(Cl)c2)CC1. The zero-order valence-corrected chi connectivity index (χ0v) is 14.1. The van der Waals surface area contributed by atoms with Gasteiger partial charge in [-0.25, -0.2) is 0 Å². The molecule has 0 bridgehead atoms. The summed E-state index contributed by atoms with van der Waals surface area (Å²) < 4.78 is 4.28. The van der Waals surface area contributed by atoms with E-state index >= 15 is 0 Å². The first-order chi connectivity index (χ1) is 10.2. The average Bonchev–Trinajstić information content (AvgIpc) is 2.88. The van der Waals surface area contributed by atoms with Crippen LogP contribution in [0.3, 0.4) is 0 Å². The normalized spacial score (nSPS) is 15.5. The quantitative estimate of drug-likeness (QED) is 0.867. The van der Waals surface area contributed by atoms with E-state index < -0.39 is 0 Å². The van der Waals surface area contributed by atoms with Crippen molar-refractivity contribution in [1.29, 1.82) is 0 Å². The highest BCUT2D eigenvalue weighted by Crippen LogP contribution is 2.38. The lowest BCUT2D eigenvalue weighted by molar-refractivity contribution is 0.654. The zero-order valence-electron chi connectivity index (χ0n) is 11.8. The first-order valence-corrected chi connectivity index (χ1v) is 9.11. The minimum absolute atomic E-state index is 0.653. The van der Waals surface area contributed by atoms with Crippen LogP contribution in [0.2, 0.25) is 5.02 Å². The second-order valence-corrected chi connectivity index (χ2v) is 6.86. The smallest absolute Gasteiger partial charge is 0.153 e. The Bertz CT molecular complexity index is 623. The Morgan fingerprint density at radius 2 is 1.95 bits per heavy atom. The van der Waals surface area contributed by atoms with Crippen LogP contribution in [0.4, 0.5) is 16.5 Å². The van der Waals surface area contributed by atoms with E-state index in [4.69, 9.17) is 17.3 Å². The second kappa shape index (κ2) is 6.34. The molecule has 21 heavy (non-hydrogen) atoms. The molecular weight excluding hydrogens is 324 g/mol. The Hall–Kier alpha value is -1.11. The van der Waals surface area contributed by atoms with Crippen LogP contribution in [-0.4, -0.2) is 36.8 Å². The molecule has 0 aliphatic carbocycles. The van der Waals surface area contributed by atoms with E-state index in [9.17, 15) is 0 Å².